The third kappa shape index (κ3) is 3.24. The Kier molecular flexibility index (Phi) is 3.55. The molecule has 12 heteroatoms. The normalized spacial score (nSPS) is 13.5. The van der Waals surface area contributed by atoms with Gasteiger partial charge in [-0.05, 0) is 18.2 Å². The molecule has 0 aliphatic carbocycles. The average Bonchev–Trinajstić information content (AvgIpc) is 2.12. The van der Waals surface area contributed by atoms with Gasteiger partial charge < -0.3 is 0 Å². The van der Waals surface area contributed by atoms with Crippen LogP contribution in [0.5, 0.6) is 0 Å². The highest BCUT2D eigenvalue weighted by Crippen LogP contribution is 2.24. The van der Waals surface area contributed by atoms with Crippen molar-refractivity contribution < 1.29 is 38.9 Å². The lowest BCUT2D eigenvalue weighted by Crippen LogP contribution is -2.10. The van der Waals surface area contributed by atoms with E-state index in [1.165, 1.54) is 0 Å². The molecule has 0 spiro atoms. The Balaban J connectivity index is 3.83. The third-order valence-electron chi connectivity index (χ3n) is 1.77. The fourth-order valence-electron chi connectivity index (χ4n) is 1.06. The van der Waals surface area contributed by atoms with Crippen molar-refractivity contribution in [2.45, 2.75) is 14.7 Å². The maximum Gasteiger partial charge on any atom is 0.295 e. The van der Waals surface area contributed by atoms with Gasteiger partial charge in [-0.2, -0.15) is 25.3 Å². The van der Waals surface area contributed by atoms with Crippen molar-refractivity contribution >= 4 is 30.4 Å². The molecule has 0 bridgehead atoms. The molecule has 0 radical (unpaired) electrons. The number of benzene rings is 1. The van der Waals surface area contributed by atoms with Crippen LogP contribution in [-0.2, 0) is 30.4 Å². The van der Waals surface area contributed by atoms with Gasteiger partial charge in [0.25, 0.3) is 30.4 Å². The van der Waals surface area contributed by atoms with Crippen LogP contribution in [0.3, 0.4) is 0 Å². The molecule has 0 saturated carbocycles. The van der Waals surface area contributed by atoms with Crippen molar-refractivity contribution in [3.8, 4) is 0 Å². The smallest absolute Gasteiger partial charge is 0.282 e. The lowest BCUT2D eigenvalue weighted by molar-refractivity contribution is 0.464. The summed E-state index contributed by atoms with van der Waals surface area (Å²) in [5.41, 5.74) is 0. The molecule has 1 rings (SSSR count). The summed E-state index contributed by atoms with van der Waals surface area (Å²) < 4.78 is 91.0. The maximum absolute atomic E-state index is 10.9. The maximum atomic E-state index is 10.9. The van der Waals surface area contributed by atoms with Crippen molar-refractivity contribution in [2.24, 2.45) is 0 Å². The summed E-state index contributed by atoms with van der Waals surface area (Å²) in [5.74, 6) is 0. The predicted octanol–water partition coefficient (Wildman–Crippen LogP) is -0.573. The van der Waals surface area contributed by atoms with Crippen LogP contribution >= 0.6 is 0 Å². The minimum atomic E-state index is -5.11. The molecule has 0 atom stereocenters. The summed E-state index contributed by atoms with van der Waals surface area (Å²) in [7, 11) is -14.9. The first-order valence-electron chi connectivity index (χ1n) is 3.90. The third-order valence-corrected chi connectivity index (χ3v) is 4.55. The highest BCUT2D eigenvalue weighted by atomic mass is 32.2. The van der Waals surface area contributed by atoms with Crippen LogP contribution in [0.25, 0.3) is 0 Å². The van der Waals surface area contributed by atoms with Crippen LogP contribution in [-0.4, -0.2) is 38.9 Å². The van der Waals surface area contributed by atoms with Gasteiger partial charge in [0.05, 0.1) is 4.90 Å². The zero-order chi connectivity index (χ0) is 14.4. The van der Waals surface area contributed by atoms with E-state index in [-0.39, 0.29) is 6.07 Å². The van der Waals surface area contributed by atoms with E-state index in [2.05, 4.69) is 0 Å². The van der Waals surface area contributed by atoms with Gasteiger partial charge in [0.1, 0.15) is 9.79 Å². The van der Waals surface area contributed by atoms with Gasteiger partial charge in [-0.25, -0.2) is 0 Å². The number of hydrogen-bond donors (Lipinski definition) is 3. The van der Waals surface area contributed by atoms with Gasteiger partial charge in [0.15, 0.2) is 0 Å². The van der Waals surface area contributed by atoms with Crippen molar-refractivity contribution in [1.82, 2.24) is 0 Å². The van der Waals surface area contributed by atoms with Crippen LogP contribution in [0, 0.1) is 0 Å². The molecule has 0 saturated heterocycles. The van der Waals surface area contributed by atoms with Crippen LogP contribution in [0.2, 0.25) is 0 Å². The first-order chi connectivity index (χ1) is 7.83. The monoisotopic (exact) mass is 318 g/mol. The Hall–Kier alpha value is -1.05. The molecule has 9 nitrogen and oxygen atoms in total. The molecular formula is C6H6O9S3. The lowest BCUT2D eigenvalue weighted by Gasteiger charge is -2.05. The molecule has 0 fully saturated rings. The van der Waals surface area contributed by atoms with Crippen LogP contribution < -0.4 is 0 Å². The quantitative estimate of drug-likeness (QED) is 0.619. The van der Waals surface area contributed by atoms with Crippen LogP contribution in [0.1, 0.15) is 0 Å². The zero-order valence-corrected chi connectivity index (χ0v) is 10.7. The fraction of sp³-hybridized carbons (Fsp3) is 0. The van der Waals surface area contributed by atoms with Gasteiger partial charge in [0.2, 0.25) is 0 Å². The summed E-state index contributed by atoms with van der Waals surface area (Å²) >= 11 is 0. The van der Waals surface area contributed by atoms with Crippen molar-refractivity contribution in [3.63, 3.8) is 0 Å². The van der Waals surface area contributed by atoms with Gasteiger partial charge in [-0.1, -0.05) is 0 Å². The van der Waals surface area contributed by atoms with Crippen molar-refractivity contribution in [1.29, 1.82) is 0 Å². The van der Waals surface area contributed by atoms with E-state index in [0.29, 0.717) is 12.1 Å². The zero-order valence-electron chi connectivity index (χ0n) is 8.25. The Morgan fingerprint density at radius 2 is 1.11 bits per heavy atom. The summed E-state index contributed by atoms with van der Waals surface area (Å²) in [5, 5.41) is 0. The summed E-state index contributed by atoms with van der Waals surface area (Å²) in [6.45, 7) is 0. The average molecular weight is 318 g/mol. The van der Waals surface area contributed by atoms with Gasteiger partial charge in [0, 0.05) is 0 Å². The molecule has 0 amide bonds. The SMILES string of the molecule is O=S(=O)(O)c1ccc(S(=O)(=O)O)c(S(=O)(=O)O)c1. The van der Waals surface area contributed by atoms with E-state index in [0.717, 1.165) is 0 Å². The topological polar surface area (TPSA) is 163 Å². The van der Waals surface area contributed by atoms with Gasteiger partial charge in [-0.3, -0.25) is 13.7 Å². The molecule has 0 aliphatic rings. The minimum Gasteiger partial charge on any atom is -0.282 e. The number of rotatable bonds is 3. The second kappa shape index (κ2) is 4.25. The molecule has 3 N–H and O–H groups in total. The van der Waals surface area contributed by atoms with E-state index >= 15 is 0 Å². The van der Waals surface area contributed by atoms with E-state index in [4.69, 9.17) is 13.7 Å². The lowest BCUT2D eigenvalue weighted by atomic mass is 10.4. The Bertz CT molecular complexity index is 785. The van der Waals surface area contributed by atoms with E-state index in [1.807, 2.05) is 0 Å². The summed E-state index contributed by atoms with van der Waals surface area (Å²) in [6, 6.07) is 1.17. The van der Waals surface area contributed by atoms with Crippen LogP contribution in [0.15, 0.2) is 32.9 Å². The first kappa shape index (κ1) is 15.0. The van der Waals surface area contributed by atoms with Crippen LogP contribution in [0.4, 0.5) is 0 Å². The molecular weight excluding hydrogens is 312 g/mol. The highest BCUT2D eigenvalue weighted by molar-refractivity contribution is 7.89. The summed E-state index contributed by atoms with van der Waals surface area (Å²) in [6.07, 6.45) is 0. The number of hydrogen-bond acceptors (Lipinski definition) is 6. The molecule has 102 valence electrons. The second-order valence-corrected chi connectivity index (χ2v) is 7.24. The molecule has 0 aliphatic heterocycles. The van der Waals surface area contributed by atoms with E-state index < -0.39 is 45.0 Å². The van der Waals surface area contributed by atoms with E-state index in [1.54, 1.807) is 0 Å². The first-order valence-corrected chi connectivity index (χ1v) is 8.22. The minimum absolute atomic E-state index is 0.202. The molecule has 0 heterocycles. The standard InChI is InChI=1S/C6H6O9S3/c7-16(8,9)4-1-2-5(17(10,11)12)6(3-4)18(13,14)15/h1-3H,(H,7,8,9)(H,10,11,12)(H,13,14,15). The molecule has 1 aromatic carbocycles. The Morgan fingerprint density at radius 3 is 1.44 bits per heavy atom. The van der Waals surface area contributed by atoms with E-state index in [9.17, 15) is 25.3 Å². The summed E-state index contributed by atoms with van der Waals surface area (Å²) in [4.78, 5) is -3.53. The Morgan fingerprint density at radius 1 is 0.667 bits per heavy atom. The van der Waals surface area contributed by atoms with Crippen molar-refractivity contribution in [2.75, 3.05) is 0 Å². The molecule has 1 aromatic rings. The largest absolute Gasteiger partial charge is 0.295 e. The fourth-order valence-corrected chi connectivity index (χ4v) is 3.43. The second-order valence-electron chi connectivity index (χ2n) is 3.03. The highest BCUT2D eigenvalue weighted by Gasteiger charge is 2.26. The van der Waals surface area contributed by atoms with Crippen molar-refractivity contribution in [3.05, 3.63) is 18.2 Å². The molecule has 0 unspecified atom stereocenters. The predicted molar refractivity (Wildman–Crippen MR) is 55.9 cm³/mol. The van der Waals surface area contributed by atoms with Gasteiger partial charge >= 0.3 is 0 Å². The molecule has 0 aromatic heterocycles. The molecule has 18 heavy (non-hydrogen) atoms. The van der Waals surface area contributed by atoms with Gasteiger partial charge in [-0.15, -0.1) is 0 Å². The Labute approximate surface area is 102 Å².